The van der Waals surface area contributed by atoms with Crippen LogP contribution in [0.1, 0.15) is 34.1 Å². The van der Waals surface area contributed by atoms with E-state index in [0.29, 0.717) is 11.8 Å². The zero-order valence-corrected chi connectivity index (χ0v) is 11.7. The number of aliphatic carboxylic acids is 1. The quantitative estimate of drug-likeness (QED) is 0.785. The molecule has 104 valence electrons. The molecule has 1 fully saturated rings. The van der Waals surface area contributed by atoms with Crippen LogP contribution >= 0.6 is 0 Å². The predicted molar refractivity (Wildman–Crippen MR) is 69.2 cm³/mol. The van der Waals surface area contributed by atoms with Crippen LogP contribution in [0.15, 0.2) is 0 Å². The van der Waals surface area contributed by atoms with Crippen molar-refractivity contribution in [1.82, 2.24) is 10.2 Å². The van der Waals surface area contributed by atoms with E-state index in [-0.39, 0.29) is 12.5 Å². The molecule has 0 aliphatic carbocycles. The SMILES string of the molecule is CC1CC(C)CN(C(=O)CNC(C)(C)C(=O)O)C1. The summed E-state index contributed by atoms with van der Waals surface area (Å²) in [5.41, 5.74) is -1.07. The maximum absolute atomic E-state index is 12.0. The molecule has 1 heterocycles. The standard InChI is InChI=1S/C13H24N2O3/c1-9-5-10(2)8-15(7-9)11(16)6-14-13(3,4)12(17)18/h9-10,14H,5-8H2,1-4H3,(H,17,18). The Bertz CT molecular complexity index is 318. The van der Waals surface area contributed by atoms with E-state index in [1.54, 1.807) is 13.8 Å². The number of likely N-dealkylation sites (tertiary alicyclic amines) is 1. The van der Waals surface area contributed by atoms with Crippen LogP contribution in [-0.4, -0.2) is 47.1 Å². The largest absolute Gasteiger partial charge is 0.480 e. The average Bonchev–Trinajstić information content (AvgIpc) is 2.24. The highest BCUT2D eigenvalue weighted by molar-refractivity contribution is 5.81. The lowest BCUT2D eigenvalue weighted by molar-refractivity contribution is -0.144. The lowest BCUT2D eigenvalue weighted by Gasteiger charge is -2.35. The Labute approximate surface area is 109 Å². The van der Waals surface area contributed by atoms with E-state index in [9.17, 15) is 9.59 Å². The summed E-state index contributed by atoms with van der Waals surface area (Å²) in [5, 5.41) is 11.8. The number of hydrogen-bond acceptors (Lipinski definition) is 3. The third-order valence-electron chi connectivity index (χ3n) is 3.44. The van der Waals surface area contributed by atoms with Gasteiger partial charge in [0, 0.05) is 13.1 Å². The van der Waals surface area contributed by atoms with Crippen molar-refractivity contribution in [3.05, 3.63) is 0 Å². The zero-order valence-electron chi connectivity index (χ0n) is 11.7. The van der Waals surface area contributed by atoms with E-state index in [4.69, 9.17) is 5.11 Å². The molecule has 1 saturated heterocycles. The van der Waals surface area contributed by atoms with Crippen molar-refractivity contribution < 1.29 is 14.7 Å². The van der Waals surface area contributed by atoms with Gasteiger partial charge >= 0.3 is 5.97 Å². The van der Waals surface area contributed by atoms with Gasteiger partial charge in [-0.2, -0.15) is 0 Å². The van der Waals surface area contributed by atoms with Crippen molar-refractivity contribution in [2.45, 2.75) is 39.7 Å². The molecule has 1 amide bonds. The van der Waals surface area contributed by atoms with Gasteiger partial charge in [0.1, 0.15) is 5.54 Å². The van der Waals surface area contributed by atoms with Crippen LogP contribution in [0, 0.1) is 11.8 Å². The summed E-state index contributed by atoms with van der Waals surface area (Å²) >= 11 is 0. The Morgan fingerprint density at radius 1 is 1.28 bits per heavy atom. The van der Waals surface area contributed by atoms with E-state index >= 15 is 0 Å². The second-order valence-corrected chi connectivity index (χ2v) is 6.03. The van der Waals surface area contributed by atoms with Crippen molar-refractivity contribution in [2.75, 3.05) is 19.6 Å². The summed E-state index contributed by atoms with van der Waals surface area (Å²) in [6.45, 7) is 9.04. The summed E-state index contributed by atoms with van der Waals surface area (Å²) in [4.78, 5) is 24.8. The molecular weight excluding hydrogens is 232 g/mol. The van der Waals surface area contributed by atoms with Crippen molar-refractivity contribution >= 4 is 11.9 Å². The third kappa shape index (κ3) is 3.98. The Morgan fingerprint density at radius 2 is 1.78 bits per heavy atom. The highest BCUT2D eigenvalue weighted by atomic mass is 16.4. The van der Waals surface area contributed by atoms with Gasteiger partial charge in [-0.1, -0.05) is 13.8 Å². The lowest BCUT2D eigenvalue weighted by atomic mass is 9.92. The first-order chi connectivity index (χ1) is 8.22. The number of carboxylic acid groups (broad SMARTS) is 1. The minimum absolute atomic E-state index is 0.0114. The fourth-order valence-electron chi connectivity index (χ4n) is 2.35. The fraction of sp³-hybridized carbons (Fsp3) is 0.846. The zero-order chi connectivity index (χ0) is 13.9. The Kier molecular flexibility index (Phi) is 4.73. The molecule has 18 heavy (non-hydrogen) atoms. The van der Waals surface area contributed by atoms with Crippen LogP contribution in [0.5, 0.6) is 0 Å². The molecule has 0 spiro atoms. The van der Waals surface area contributed by atoms with Crippen LogP contribution in [0.2, 0.25) is 0 Å². The fourth-order valence-corrected chi connectivity index (χ4v) is 2.35. The Hall–Kier alpha value is -1.10. The normalized spacial score (nSPS) is 25.0. The van der Waals surface area contributed by atoms with E-state index < -0.39 is 11.5 Å². The average molecular weight is 256 g/mol. The molecule has 0 aromatic heterocycles. The molecule has 1 aliphatic heterocycles. The van der Waals surface area contributed by atoms with Gasteiger partial charge in [0.25, 0.3) is 0 Å². The molecule has 0 bridgehead atoms. The summed E-state index contributed by atoms with van der Waals surface area (Å²) in [5.74, 6) is 0.0776. The molecule has 2 atom stereocenters. The van der Waals surface area contributed by atoms with Gasteiger partial charge in [-0.3, -0.25) is 14.9 Å². The topological polar surface area (TPSA) is 69.6 Å². The van der Waals surface area contributed by atoms with Gasteiger partial charge in [-0.05, 0) is 32.1 Å². The molecule has 5 nitrogen and oxygen atoms in total. The van der Waals surface area contributed by atoms with Gasteiger partial charge in [0.15, 0.2) is 0 Å². The molecule has 2 N–H and O–H groups in total. The lowest BCUT2D eigenvalue weighted by Crippen LogP contribution is -2.52. The number of carboxylic acids is 1. The van der Waals surface area contributed by atoms with Crippen LogP contribution < -0.4 is 5.32 Å². The summed E-state index contributed by atoms with van der Waals surface area (Å²) in [6.07, 6.45) is 1.15. The molecule has 0 radical (unpaired) electrons. The van der Waals surface area contributed by atoms with Gasteiger partial charge in [-0.15, -0.1) is 0 Å². The number of piperidine rings is 1. The number of amides is 1. The number of hydrogen-bond donors (Lipinski definition) is 2. The van der Waals surface area contributed by atoms with Crippen LogP contribution in [0.4, 0.5) is 0 Å². The van der Waals surface area contributed by atoms with E-state index in [0.717, 1.165) is 19.5 Å². The van der Waals surface area contributed by atoms with Crippen molar-refractivity contribution in [3.63, 3.8) is 0 Å². The monoisotopic (exact) mass is 256 g/mol. The minimum Gasteiger partial charge on any atom is -0.480 e. The smallest absolute Gasteiger partial charge is 0.323 e. The van der Waals surface area contributed by atoms with Crippen molar-refractivity contribution in [1.29, 1.82) is 0 Å². The maximum Gasteiger partial charge on any atom is 0.323 e. The summed E-state index contributed by atoms with van der Waals surface area (Å²) < 4.78 is 0. The predicted octanol–water partition coefficient (Wildman–Crippen LogP) is 0.944. The van der Waals surface area contributed by atoms with Gasteiger partial charge in [0.05, 0.1) is 6.54 Å². The number of nitrogens with one attached hydrogen (secondary N) is 1. The summed E-state index contributed by atoms with van der Waals surface area (Å²) in [7, 11) is 0. The van der Waals surface area contributed by atoms with Crippen molar-refractivity contribution in [3.8, 4) is 0 Å². The first-order valence-electron chi connectivity index (χ1n) is 6.48. The third-order valence-corrected chi connectivity index (χ3v) is 3.44. The highest BCUT2D eigenvalue weighted by Gasteiger charge is 2.29. The number of rotatable bonds is 4. The van der Waals surface area contributed by atoms with Crippen LogP contribution in [-0.2, 0) is 9.59 Å². The first kappa shape index (κ1) is 15.0. The summed E-state index contributed by atoms with van der Waals surface area (Å²) in [6, 6.07) is 0. The Balaban J connectivity index is 2.48. The maximum atomic E-state index is 12.0. The number of nitrogens with zero attached hydrogens (tertiary/aromatic N) is 1. The van der Waals surface area contributed by atoms with Crippen LogP contribution in [0.3, 0.4) is 0 Å². The molecule has 0 aromatic carbocycles. The number of carbonyl (C=O) groups is 2. The van der Waals surface area contributed by atoms with Gasteiger partial charge in [0.2, 0.25) is 5.91 Å². The van der Waals surface area contributed by atoms with E-state index in [1.807, 2.05) is 4.90 Å². The molecule has 0 saturated carbocycles. The number of carbonyl (C=O) groups excluding carboxylic acids is 1. The second-order valence-electron chi connectivity index (χ2n) is 6.03. The van der Waals surface area contributed by atoms with E-state index in [1.165, 1.54) is 0 Å². The van der Waals surface area contributed by atoms with E-state index in [2.05, 4.69) is 19.2 Å². The van der Waals surface area contributed by atoms with Gasteiger partial charge < -0.3 is 10.0 Å². The molecule has 0 aromatic rings. The highest BCUT2D eigenvalue weighted by Crippen LogP contribution is 2.20. The molecule has 2 unspecified atom stereocenters. The molecule has 5 heteroatoms. The van der Waals surface area contributed by atoms with Gasteiger partial charge in [-0.25, -0.2) is 0 Å². The molecule has 1 rings (SSSR count). The minimum atomic E-state index is -1.07. The molecule has 1 aliphatic rings. The Morgan fingerprint density at radius 3 is 2.22 bits per heavy atom. The van der Waals surface area contributed by atoms with Crippen molar-refractivity contribution in [2.24, 2.45) is 11.8 Å². The van der Waals surface area contributed by atoms with Crippen LogP contribution in [0.25, 0.3) is 0 Å². The second kappa shape index (κ2) is 5.69. The first-order valence-corrected chi connectivity index (χ1v) is 6.48. The molecular formula is C13H24N2O3.